The van der Waals surface area contributed by atoms with Crippen molar-refractivity contribution in [2.45, 2.75) is 19.4 Å². The second kappa shape index (κ2) is 5.28. The Labute approximate surface area is 132 Å². The van der Waals surface area contributed by atoms with E-state index in [2.05, 4.69) is 10.7 Å². The molecule has 1 saturated heterocycles. The van der Waals surface area contributed by atoms with E-state index < -0.39 is 23.4 Å². The first-order chi connectivity index (χ1) is 10.9. The number of amides is 4. The molecule has 1 aliphatic rings. The fraction of sp³-hybridized carbons (Fsp3) is 0.188. The first-order valence-corrected chi connectivity index (χ1v) is 7.01. The van der Waals surface area contributed by atoms with Gasteiger partial charge in [0.1, 0.15) is 11.3 Å². The van der Waals surface area contributed by atoms with E-state index in [9.17, 15) is 14.4 Å². The standard InChI is InChI=1S/C16H15N3O4/c1-10-8-9-12(23-10)13(20)18-19-14(21)16(2,17-15(19)22)11-6-4-3-5-7-11/h3-9H,1-2H3,(H,17,22)(H,18,20). The van der Waals surface area contributed by atoms with Crippen LogP contribution in [0.3, 0.4) is 0 Å². The van der Waals surface area contributed by atoms with E-state index in [0.717, 1.165) is 0 Å². The Hall–Kier alpha value is -3.09. The van der Waals surface area contributed by atoms with Crippen molar-refractivity contribution in [3.8, 4) is 0 Å². The third-order valence-electron chi connectivity index (χ3n) is 3.72. The first kappa shape index (κ1) is 14.8. The number of hydrogen-bond donors (Lipinski definition) is 2. The molecule has 1 aromatic carbocycles. The molecule has 0 saturated carbocycles. The average molecular weight is 313 g/mol. The van der Waals surface area contributed by atoms with Gasteiger partial charge >= 0.3 is 11.9 Å². The number of hydrazine groups is 1. The molecule has 0 aliphatic carbocycles. The molecule has 2 heterocycles. The van der Waals surface area contributed by atoms with E-state index in [0.29, 0.717) is 16.3 Å². The van der Waals surface area contributed by atoms with E-state index in [1.54, 1.807) is 44.2 Å². The molecule has 4 amide bonds. The second-order valence-electron chi connectivity index (χ2n) is 5.41. The molecule has 7 nitrogen and oxygen atoms in total. The zero-order chi connectivity index (χ0) is 16.6. The van der Waals surface area contributed by atoms with Crippen LogP contribution in [0.1, 0.15) is 28.8 Å². The molecule has 1 fully saturated rings. The number of nitrogens with zero attached hydrogens (tertiary/aromatic N) is 1. The highest BCUT2D eigenvalue weighted by Crippen LogP contribution is 2.27. The van der Waals surface area contributed by atoms with E-state index in [1.165, 1.54) is 6.07 Å². The van der Waals surface area contributed by atoms with Crippen molar-refractivity contribution in [3.63, 3.8) is 0 Å². The zero-order valence-corrected chi connectivity index (χ0v) is 12.6. The SMILES string of the molecule is Cc1ccc(C(=O)NN2C(=O)NC(C)(c3ccccc3)C2=O)o1. The number of rotatable bonds is 3. The van der Waals surface area contributed by atoms with Crippen molar-refractivity contribution in [1.82, 2.24) is 15.8 Å². The molecule has 0 spiro atoms. The highest BCUT2D eigenvalue weighted by atomic mass is 16.4. The van der Waals surface area contributed by atoms with E-state index in [-0.39, 0.29) is 5.76 Å². The molecule has 1 unspecified atom stereocenters. The van der Waals surface area contributed by atoms with E-state index in [4.69, 9.17) is 4.42 Å². The fourth-order valence-electron chi connectivity index (χ4n) is 2.42. The molecule has 1 aromatic heterocycles. The Morgan fingerprint density at radius 1 is 1.17 bits per heavy atom. The Bertz CT molecular complexity index is 784. The molecular formula is C16H15N3O4. The number of urea groups is 1. The highest BCUT2D eigenvalue weighted by molar-refractivity contribution is 6.09. The predicted octanol–water partition coefficient (Wildman–Crippen LogP) is 1.70. The van der Waals surface area contributed by atoms with Crippen LogP contribution in [0.4, 0.5) is 4.79 Å². The van der Waals surface area contributed by atoms with Gasteiger partial charge in [0.15, 0.2) is 5.76 Å². The van der Waals surface area contributed by atoms with Gasteiger partial charge < -0.3 is 9.73 Å². The van der Waals surface area contributed by atoms with Gasteiger partial charge in [0, 0.05) is 0 Å². The van der Waals surface area contributed by atoms with Crippen molar-refractivity contribution >= 4 is 17.8 Å². The quantitative estimate of drug-likeness (QED) is 0.844. The van der Waals surface area contributed by atoms with Gasteiger partial charge in [-0.15, -0.1) is 0 Å². The summed E-state index contributed by atoms with van der Waals surface area (Å²) in [5.41, 5.74) is 1.67. The minimum absolute atomic E-state index is 0.0245. The van der Waals surface area contributed by atoms with Crippen LogP contribution in [0.15, 0.2) is 46.9 Å². The Balaban J connectivity index is 1.83. The highest BCUT2D eigenvalue weighted by Gasteiger charge is 2.50. The van der Waals surface area contributed by atoms with Crippen LogP contribution >= 0.6 is 0 Å². The maximum absolute atomic E-state index is 12.6. The summed E-state index contributed by atoms with van der Waals surface area (Å²) in [7, 11) is 0. The summed E-state index contributed by atoms with van der Waals surface area (Å²) >= 11 is 0. The van der Waals surface area contributed by atoms with Gasteiger partial charge in [-0.1, -0.05) is 30.3 Å². The van der Waals surface area contributed by atoms with Gasteiger partial charge in [0.25, 0.3) is 5.91 Å². The molecule has 0 radical (unpaired) electrons. The molecule has 3 rings (SSSR count). The number of nitrogens with one attached hydrogen (secondary N) is 2. The van der Waals surface area contributed by atoms with Gasteiger partial charge in [-0.2, -0.15) is 5.01 Å². The van der Waals surface area contributed by atoms with E-state index in [1.807, 2.05) is 6.07 Å². The minimum atomic E-state index is -1.23. The number of benzene rings is 1. The van der Waals surface area contributed by atoms with Crippen LogP contribution < -0.4 is 10.7 Å². The fourth-order valence-corrected chi connectivity index (χ4v) is 2.42. The molecule has 7 heteroatoms. The smallest absolute Gasteiger partial charge is 0.344 e. The van der Waals surface area contributed by atoms with Crippen LogP contribution in [0.5, 0.6) is 0 Å². The molecule has 0 bridgehead atoms. The lowest BCUT2D eigenvalue weighted by Gasteiger charge is -2.21. The van der Waals surface area contributed by atoms with Crippen molar-refractivity contribution < 1.29 is 18.8 Å². The van der Waals surface area contributed by atoms with Crippen LogP contribution in [0.2, 0.25) is 0 Å². The van der Waals surface area contributed by atoms with Crippen molar-refractivity contribution in [2.24, 2.45) is 0 Å². The number of hydrogen-bond acceptors (Lipinski definition) is 4. The third kappa shape index (κ3) is 2.46. The lowest BCUT2D eigenvalue weighted by Crippen LogP contribution is -2.47. The molecule has 1 aliphatic heterocycles. The minimum Gasteiger partial charge on any atom is -0.456 e. The zero-order valence-electron chi connectivity index (χ0n) is 12.6. The lowest BCUT2D eigenvalue weighted by molar-refractivity contribution is -0.132. The number of carbonyl (C=O) groups excluding carboxylic acids is 3. The number of aryl methyl sites for hydroxylation is 1. The summed E-state index contributed by atoms with van der Waals surface area (Å²) in [5, 5.41) is 3.27. The van der Waals surface area contributed by atoms with Crippen molar-refractivity contribution in [1.29, 1.82) is 0 Å². The normalized spacial score (nSPS) is 20.5. The summed E-state index contributed by atoms with van der Waals surface area (Å²) < 4.78 is 5.18. The van der Waals surface area contributed by atoms with Crippen molar-refractivity contribution in [2.75, 3.05) is 0 Å². The number of imide groups is 1. The molecule has 118 valence electrons. The van der Waals surface area contributed by atoms with Gasteiger partial charge in [-0.05, 0) is 31.5 Å². The third-order valence-corrected chi connectivity index (χ3v) is 3.72. The van der Waals surface area contributed by atoms with Gasteiger partial charge in [-0.25, -0.2) is 10.2 Å². The Kier molecular flexibility index (Phi) is 3.40. The summed E-state index contributed by atoms with van der Waals surface area (Å²) in [6, 6.07) is 11.2. The maximum atomic E-state index is 12.6. The Morgan fingerprint density at radius 3 is 2.48 bits per heavy atom. The molecule has 23 heavy (non-hydrogen) atoms. The van der Waals surface area contributed by atoms with Gasteiger partial charge in [0.05, 0.1) is 0 Å². The van der Waals surface area contributed by atoms with Crippen LogP contribution in [0, 0.1) is 6.92 Å². The second-order valence-corrected chi connectivity index (χ2v) is 5.41. The summed E-state index contributed by atoms with van der Waals surface area (Å²) in [4.78, 5) is 36.8. The van der Waals surface area contributed by atoms with E-state index >= 15 is 0 Å². The molecule has 2 N–H and O–H groups in total. The summed E-state index contributed by atoms with van der Waals surface area (Å²) in [6.45, 7) is 3.28. The molecule has 1 atom stereocenters. The lowest BCUT2D eigenvalue weighted by atomic mass is 9.92. The number of carbonyl (C=O) groups is 3. The monoisotopic (exact) mass is 313 g/mol. The largest absolute Gasteiger partial charge is 0.456 e. The van der Waals surface area contributed by atoms with Crippen LogP contribution in [0.25, 0.3) is 0 Å². The molecular weight excluding hydrogens is 298 g/mol. The summed E-state index contributed by atoms with van der Waals surface area (Å²) in [5.74, 6) is -0.651. The summed E-state index contributed by atoms with van der Waals surface area (Å²) in [6.07, 6.45) is 0. The van der Waals surface area contributed by atoms with Crippen LogP contribution in [-0.4, -0.2) is 22.9 Å². The first-order valence-electron chi connectivity index (χ1n) is 7.01. The maximum Gasteiger partial charge on any atom is 0.344 e. The topological polar surface area (TPSA) is 91.7 Å². The predicted molar refractivity (Wildman–Crippen MR) is 80.1 cm³/mol. The Morgan fingerprint density at radius 2 is 1.87 bits per heavy atom. The van der Waals surface area contributed by atoms with Crippen LogP contribution in [-0.2, 0) is 10.3 Å². The average Bonchev–Trinajstić information content (AvgIpc) is 3.06. The van der Waals surface area contributed by atoms with Gasteiger partial charge in [0.2, 0.25) is 0 Å². The molecule has 2 aromatic rings. The van der Waals surface area contributed by atoms with Gasteiger partial charge in [-0.3, -0.25) is 9.59 Å². The number of furan rings is 1. The van der Waals surface area contributed by atoms with Crippen molar-refractivity contribution in [3.05, 3.63) is 59.5 Å².